The Morgan fingerprint density at radius 2 is 1.23 bits per heavy atom. The largest absolute Gasteiger partial charge is 0.424 e. The molecule has 0 heterocycles. The lowest BCUT2D eigenvalue weighted by Crippen LogP contribution is -2.63. The van der Waals surface area contributed by atoms with Crippen molar-refractivity contribution in [2.45, 2.75) is 37.5 Å². The van der Waals surface area contributed by atoms with Crippen LogP contribution in [0.2, 0.25) is 19.6 Å². The maximum Gasteiger partial charge on any atom is 0.424 e. The van der Waals surface area contributed by atoms with Gasteiger partial charge in [-0.3, -0.25) is 0 Å². The second kappa shape index (κ2) is 3.18. The molecule has 0 aliphatic carbocycles. The van der Waals surface area contributed by atoms with Gasteiger partial charge in [0.25, 0.3) is 6.43 Å². The number of alkyl halides is 6. The maximum absolute atomic E-state index is 13.1. The molecule has 0 saturated carbocycles. The van der Waals surface area contributed by atoms with Crippen LogP contribution in [0.3, 0.4) is 0 Å². The van der Waals surface area contributed by atoms with Crippen LogP contribution in [0.4, 0.5) is 26.3 Å². The lowest BCUT2D eigenvalue weighted by molar-refractivity contribution is -0.236. The molecular weight excluding hydrogens is 214 g/mol. The molecule has 1 atom stereocenters. The molecule has 0 bridgehead atoms. The molecule has 0 saturated heterocycles. The summed E-state index contributed by atoms with van der Waals surface area (Å²) in [4.78, 5) is 0. The summed E-state index contributed by atoms with van der Waals surface area (Å²) in [5.41, 5.74) is 0. The first-order chi connectivity index (χ1) is 5.44. The van der Waals surface area contributed by atoms with Gasteiger partial charge < -0.3 is 0 Å². The molecule has 0 rings (SSSR count). The second-order valence-electron chi connectivity index (χ2n) is 3.76. The van der Waals surface area contributed by atoms with Crippen molar-refractivity contribution >= 4 is 8.07 Å². The van der Waals surface area contributed by atoms with Crippen LogP contribution in [-0.4, -0.2) is 26.0 Å². The first-order valence-corrected chi connectivity index (χ1v) is 6.98. The summed E-state index contributed by atoms with van der Waals surface area (Å²) in [6.07, 6.45) is -9.51. The molecule has 0 amide bonds. The second-order valence-corrected chi connectivity index (χ2v) is 8.99. The predicted molar refractivity (Wildman–Crippen MR) is 39.2 cm³/mol. The fourth-order valence-electron chi connectivity index (χ4n) is 0.876. The topological polar surface area (TPSA) is 0 Å². The molecule has 80 valence electrons. The average molecular weight is 224 g/mol. The Morgan fingerprint density at radius 1 is 0.923 bits per heavy atom. The van der Waals surface area contributed by atoms with E-state index in [1.807, 2.05) is 0 Å². The molecule has 13 heavy (non-hydrogen) atoms. The monoisotopic (exact) mass is 224 g/mol. The highest BCUT2D eigenvalue weighted by Crippen LogP contribution is 2.45. The van der Waals surface area contributed by atoms with Crippen molar-refractivity contribution in [1.29, 1.82) is 0 Å². The fourth-order valence-corrected chi connectivity index (χ4v) is 2.38. The molecule has 0 aromatic heterocycles. The van der Waals surface area contributed by atoms with E-state index in [9.17, 15) is 26.3 Å². The molecule has 0 fully saturated rings. The lowest BCUT2D eigenvalue weighted by atomic mass is 10.4. The lowest BCUT2D eigenvalue weighted by Gasteiger charge is -2.36. The Hall–Kier alpha value is -0.203. The Balaban J connectivity index is 5.22. The maximum atomic E-state index is 13.1. The third kappa shape index (κ3) is 2.00. The molecule has 0 N–H and O–H groups in total. The molecule has 0 aromatic carbocycles. The van der Waals surface area contributed by atoms with E-state index in [0.717, 1.165) is 19.6 Å². The highest BCUT2D eigenvalue weighted by Gasteiger charge is 2.69. The Bertz CT molecular complexity index is 165. The van der Waals surface area contributed by atoms with E-state index in [4.69, 9.17) is 0 Å². The summed E-state index contributed by atoms with van der Waals surface area (Å²) >= 11 is 0. The van der Waals surface area contributed by atoms with Crippen molar-refractivity contribution in [1.82, 2.24) is 0 Å². The van der Waals surface area contributed by atoms with Gasteiger partial charge in [-0.05, 0) is 0 Å². The normalized spacial score (nSPS) is 18.9. The van der Waals surface area contributed by atoms with Crippen molar-refractivity contribution in [3.63, 3.8) is 0 Å². The van der Waals surface area contributed by atoms with Gasteiger partial charge in [0.2, 0.25) is 5.29 Å². The molecule has 0 aliphatic heterocycles. The Kier molecular flexibility index (Phi) is 3.13. The third-order valence-electron chi connectivity index (χ3n) is 1.80. The van der Waals surface area contributed by atoms with Gasteiger partial charge in [0.05, 0.1) is 0 Å². The summed E-state index contributed by atoms with van der Waals surface area (Å²) in [6, 6.07) is 0. The van der Waals surface area contributed by atoms with Gasteiger partial charge in [-0.25, -0.2) is 13.2 Å². The van der Waals surface area contributed by atoms with Crippen LogP contribution in [0, 0.1) is 0 Å². The van der Waals surface area contributed by atoms with Gasteiger partial charge in [-0.2, -0.15) is 13.2 Å². The summed E-state index contributed by atoms with van der Waals surface area (Å²) in [5.74, 6) is 0. The van der Waals surface area contributed by atoms with Crippen LogP contribution >= 0.6 is 0 Å². The van der Waals surface area contributed by atoms with Crippen LogP contribution < -0.4 is 0 Å². The molecular formula is C6H10F6Si. The average Bonchev–Trinajstić information content (AvgIpc) is 1.80. The van der Waals surface area contributed by atoms with E-state index >= 15 is 0 Å². The van der Waals surface area contributed by atoms with Crippen LogP contribution in [0.1, 0.15) is 0 Å². The van der Waals surface area contributed by atoms with Gasteiger partial charge in [0.15, 0.2) is 0 Å². The smallest absolute Gasteiger partial charge is 0.232 e. The van der Waals surface area contributed by atoms with Crippen LogP contribution in [0.25, 0.3) is 0 Å². The van der Waals surface area contributed by atoms with Gasteiger partial charge >= 0.3 is 6.18 Å². The molecule has 0 aliphatic rings. The quantitative estimate of drug-likeness (QED) is 0.498. The van der Waals surface area contributed by atoms with E-state index in [-0.39, 0.29) is 0 Å². The van der Waals surface area contributed by atoms with Gasteiger partial charge in [0, 0.05) is 0 Å². The molecule has 0 spiro atoms. The van der Waals surface area contributed by atoms with Crippen molar-refractivity contribution in [3.05, 3.63) is 0 Å². The highest BCUT2D eigenvalue weighted by molar-refractivity contribution is 6.79. The fraction of sp³-hybridized carbons (Fsp3) is 1.00. The van der Waals surface area contributed by atoms with E-state index in [1.54, 1.807) is 0 Å². The molecule has 7 heteroatoms. The van der Waals surface area contributed by atoms with Crippen molar-refractivity contribution < 1.29 is 26.3 Å². The minimum Gasteiger partial charge on any atom is -0.232 e. The van der Waals surface area contributed by atoms with Gasteiger partial charge in [-0.1, -0.05) is 19.6 Å². The van der Waals surface area contributed by atoms with Crippen LogP contribution in [-0.2, 0) is 0 Å². The van der Waals surface area contributed by atoms with E-state index in [2.05, 4.69) is 0 Å². The zero-order chi connectivity index (χ0) is 11.1. The van der Waals surface area contributed by atoms with Gasteiger partial charge in [0.1, 0.15) is 8.07 Å². The van der Waals surface area contributed by atoms with Gasteiger partial charge in [-0.15, -0.1) is 0 Å². The summed E-state index contributed by atoms with van der Waals surface area (Å²) in [6.45, 7) is 2.77. The minimum absolute atomic E-state index is 0.923. The first-order valence-electron chi connectivity index (χ1n) is 3.48. The van der Waals surface area contributed by atoms with Crippen molar-refractivity contribution in [3.8, 4) is 0 Å². The number of hydrogen-bond donors (Lipinski definition) is 0. The van der Waals surface area contributed by atoms with Crippen molar-refractivity contribution in [2.75, 3.05) is 0 Å². The summed E-state index contributed by atoms with van der Waals surface area (Å²) < 4.78 is 73.2. The Labute approximate surface area is 72.9 Å². The third-order valence-corrected chi connectivity index (χ3v) is 4.49. The molecule has 0 radical (unpaired) electrons. The van der Waals surface area contributed by atoms with Crippen molar-refractivity contribution in [2.24, 2.45) is 0 Å². The number of hydrogen-bond acceptors (Lipinski definition) is 0. The van der Waals surface area contributed by atoms with E-state index < -0.39 is 26.0 Å². The zero-order valence-electron chi connectivity index (χ0n) is 7.35. The summed E-state index contributed by atoms with van der Waals surface area (Å²) in [5, 5.41) is -4.32. The number of rotatable bonds is 2. The minimum atomic E-state index is -5.49. The SMILES string of the molecule is C[Si](C)(C)C(F)(C(F)F)C(F)(F)F. The van der Waals surface area contributed by atoms with Crippen LogP contribution in [0.5, 0.6) is 0 Å². The van der Waals surface area contributed by atoms with Crippen LogP contribution in [0.15, 0.2) is 0 Å². The first kappa shape index (κ1) is 12.8. The number of halogens is 6. The standard InChI is InChI=1S/C6H10F6Si/c1-13(2,3)5(9,4(7)8)6(10,11)12/h4H,1-3H3. The molecule has 1 unspecified atom stereocenters. The molecule has 0 nitrogen and oxygen atoms in total. The highest BCUT2D eigenvalue weighted by atomic mass is 28.3. The predicted octanol–water partition coefficient (Wildman–Crippen LogP) is 3.40. The zero-order valence-corrected chi connectivity index (χ0v) is 8.35. The van der Waals surface area contributed by atoms with E-state index in [0.29, 0.717) is 0 Å². The molecule has 0 aromatic rings. The van der Waals surface area contributed by atoms with E-state index in [1.165, 1.54) is 0 Å². The Morgan fingerprint density at radius 3 is 1.23 bits per heavy atom. The summed E-state index contributed by atoms with van der Waals surface area (Å²) in [7, 11) is -3.65.